The lowest BCUT2D eigenvalue weighted by molar-refractivity contribution is -0.144. The molecular formula is C27H32N2O5. The molecule has 7 heteroatoms. The third-order valence-electron chi connectivity index (χ3n) is 6.61. The highest BCUT2D eigenvalue weighted by Gasteiger charge is 2.38. The number of carbonyl (C=O) groups excluding carboxylic acids is 2. The number of carboxylic acid groups (broad SMARTS) is 1. The molecule has 0 spiro atoms. The number of amides is 2. The van der Waals surface area contributed by atoms with Gasteiger partial charge in [0.2, 0.25) is 5.91 Å². The Morgan fingerprint density at radius 3 is 2.09 bits per heavy atom. The summed E-state index contributed by atoms with van der Waals surface area (Å²) in [4.78, 5) is 36.4. The van der Waals surface area contributed by atoms with E-state index >= 15 is 0 Å². The zero-order valence-corrected chi connectivity index (χ0v) is 19.8. The van der Waals surface area contributed by atoms with Gasteiger partial charge in [-0.05, 0) is 46.9 Å². The van der Waals surface area contributed by atoms with Crippen molar-refractivity contribution in [3.8, 4) is 11.1 Å². The molecule has 2 aliphatic carbocycles. The zero-order chi connectivity index (χ0) is 24.5. The van der Waals surface area contributed by atoms with Gasteiger partial charge in [0.15, 0.2) is 0 Å². The summed E-state index contributed by atoms with van der Waals surface area (Å²) in [6, 6.07) is 15.3. The molecule has 2 aliphatic rings. The Morgan fingerprint density at radius 1 is 1.00 bits per heavy atom. The van der Waals surface area contributed by atoms with Crippen LogP contribution in [-0.4, -0.2) is 41.8 Å². The van der Waals surface area contributed by atoms with Crippen molar-refractivity contribution in [2.45, 2.75) is 58.0 Å². The van der Waals surface area contributed by atoms with E-state index in [0.29, 0.717) is 19.3 Å². The Hall–Kier alpha value is -3.35. The Kier molecular flexibility index (Phi) is 6.64. The Morgan fingerprint density at radius 2 is 1.56 bits per heavy atom. The van der Waals surface area contributed by atoms with E-state index in [1.54, 1.807) is 0 Å². The predicted octanol–water partition coefficient (Wildman–Crippen LogP) is 4.31. The molecule has 0 aromatic heterocycles. The molecule has 0 heterocycles. The van der Waals surface area contributed by atoms with Crippen molar-refractivity contribution in [2.75, 3.05) is 6.61 Å². The van der Waals surface area contributed by atoms with Crippen LogP contribution < -0.4 is 10.6 Å². The molecule has 1 fully saturated rings. The zero-order valence-electron chi connectivity index (χ0n) is 19.8. The van der Waals surface area contributed by atoms with Gasteiger partial charge in [-0.25, -0.2) is 9.59 Å². The molecule has 2 aromatic rings. The fourth-order valence-electron chi connectivity index (χ4n) is 4.86. The van der Waals surface area contributed by atoms with Gasteiger partial charge in [0.05, 0.1) is 0 Å². The summed E-state index contributed by atoms with van der Waals surface area (Å²) in [5.41, 5.74) is 4.43. The van der Waals surface area contributed by atoms with Crippen molar-refractivity contribution in [1.82, 2.24) is 10.6 Å². The van der Waals surface area contributed by atoms with Gasteiger partial charge in [0, 0.05) is 17.9 Å². The van der Waals surface area contributed by atoms with E-state index in [1.165, 1.54) is 11.1 Å². The average molecular weight is 465 g/mol. The van der Waals surface area contributed by atoms with Crippen LogP contribution in [-0.2, 0) is 14.3 Å². The van der Waals surface area contributed by atoms with Crippen LogP contribution in [0.2, 0.25) is 0 Å². The van der Waals surface area contributed by atoms with Crippen molar-refractivity contribution in [1.29, 1.82) is 0 Å². The first-order valence-electron chi connectivity index (χ1n) is 11.8. The lowest BCUT2D eigenvalue weighted by atomic mass is 9.79. The molecule has 4 rings (SSSR count). The highest BCUT2D eigenvalue weighted by Crippen LogP contribution is 2.44. The molecule has 2 aromatic carbocycles. The van der Waals surface area contributed by atoms with Gasteiger partial charge >= 0.3 is 12.1 Å². The molecule has 1 atom stereocenters. The summed E-state index contributed by atoms with van der Waals surface area (Å²) in [5.74, 6) is -1.62. The van der Waals surface area contributed by atoms with Gasteiger partial charge < -0.3 is 20.5 Å². The molecule has 7 nitrogen and oxygen atoms in total. The van der Waals surface area contributed by atoms with Gasteiger partial charge in [-0.15, -0.1) is 0 Å². The van der Waals surface area contributed by atoms with E-state index in [2.05, 4.69) is 34.9 Å². The third kappa shape index (κ3) is 5.24. The first kappa shape index (κ1) is 23.8. The van der Waals surface area contributed by atoms with Crippen LogP contribution in [0.25, 0.3) is 11.1 Å². The number of alkyl carbamates (subject to hydrolysis) is 1. The van der Waals surface area contributed by atoms with Gasteiger partial charge in [0.1, 0.15) is 12.6 Å². The number of fused-ring (bicyclic) bond motifs is 3. The second-order valence-corrected chi connectivity index (χ2v) is 10.5. The molecule has 0 aliphatic heterocycles. The van der Waals surface area contributed by atoms with Crippen molar-refractivity contribution >= 4 is 18.0 Å². The first-order chi connectivity index (χ1) is 16.1. The molecule has 1 saturated carbocycles. The summed E-state index contributed by atoms with van der Waals surface area (Å²) in [6.07, 6.45) is 0.791. The van der Waals surface area contributed by atoms with E-state index in [0.717, 1.165) is 11.1 Å². The van der Waals surface area contributed by atoms with Crippen molar-refractivity contribution in [2.24, 2.45) is 11.3 Å². The summed E-state index contributed by atoms with van der Waals surface area (Å²) in [6.45, 7) is 6.05. The molecule has 2 amide bonds. The quantitative estimate of drug-likeness (QED) is 0.566. The summed E-state index contributed by atoms with van der Waals surface area (Å²) < 4.78 is 5.56. The predicted molar refractivity (Wildman–Crippen MR) is 128 cm³/mol. The van der Waals surface area contributed by atoms with Crippen LogP contribution >= 0.6 is 0 Å². The van der Waals surface area contributed by atoms with Crippen LogP contribution in [0.15, 0.2) is 48.5 Å². The number of ether oxygens (including phenoxy) is 1. The van der Waals surface area contributed by atoms with Crippen LogP contribution in [0, 0.1) is 11.3 Å². The lowest BCUT2D eigenvalue weighted by Gasteiger charge is -2.35. The molecule has 0 saturated heterocycles. The number of carboxylic acids is 1. The molecule has 180 valence electrons. The summed E-state index contributed by atoms with van der Waals surface area (Å²) >= 11 is 0. The molecule has 0 bridgehead atoms. The SMILES string of the molecule is CC(C)(C)CC(NC(=O)C1CC(NC(=O)OCC2c3ccccc3-c3ccccc32)C1)C(=O)O. The number of rotatable bonds is 7. The molecule has 34 heavy (non-hydrogen) atoms. The summed E-state index contributed by atoms with van der Waals surface area (Å²) in [5, 5.41) is 14.9. The van der Waals surface area contributed by atoms with E-state index in [9.17, 15) is 19.5 Å². The Labute approximate surface area is 199 Å². The third-order valence-corrected chi connectivity index (χ3v) is 6.61. The van der Waals surface area contributed by atoms with Crippen molar-refractivity contribution in [3.63, 3.8) is 0 Å². The number of nitrogens with one attached hydrogen (secondary N) is 2. The fourth-order valence-corrected chi connectivity index (χ4v) is 4.86. The first-order valence-corrected chi connectivity index (χ1v) is 11.8. The van der Waals surface area contributed by atoms with Gasteiger partial charge in [-0.2, -0.15) is 0 Å². The normalized spacial score (nSPS) is 19.9. The van der Waals surface area contributed by atoms with Crippen molar-refractivity contribution < 1.29 is 24.2 Å². The van der Waals surface area contributed by atoms with Gasteiger partial charge in [-0.3, -0.25) is 4.79 Å². The topological polar surface area (TPSA) is 105 Å². The van der Waals surface area contributed by atoms with E-state index in [-0.39, 0.29) is 35.8 Å². The average Bonchev–Trinajstić information content (AvgIpc) is 3.07. The van der Waals surface area contributed by atoms with Crippen LogP contribution in [0.1, 0.15) is 57.1 Å². The molecule has 0 radical (unpaired) electrons. The largest absolute Gasteiger partial charge is 0.480 e. The second-order valence-electron chi connectivity index (χ2n) is 10.5. The Balaban J connectivity index is 1.25. The minimum absolute atomic E-state index is 0.00571. The molecular weight excluding hydrogens is 432 g/mol. The number of aliphatic carboxylic acids is 1. The summed E-state index contributed by atoms with van der Waals surface area (Å²) in [7, 11) is 0. The number of hydrogen-bond donors (Lipinski definition) is 3. The number of hydrogen-bond acceptors (Lipinski definition) is 4. The number of carbonyl (C=O) groups is 3. The minimum atomic E-state index is -1.03. The lowest BCUT2D eigenvalue weighted by Crippen LogP contribution is -2.52. The monoisotopic (exact) mass is 464 g/mol. The molecule has 3 N–H and O–H groups in total. The highest BCUT2D eigenvalue weighted by atomic mass is 16.5. The van der Waals surface area contributed by atoms with Crippen LogP contribution in [0.5, 0.6) is 0 Å². The van der Waals surface area contributed by atoms with E-state index < -0.39 is 18.1 Å². The van der Waals surface area contributed by atoms with E-state index in [1.807, 2.05) is 45.0 Å². The minimum Gasteiger partial charge on any atom is -0.480 e. The maximum absolute atomic E-state index is 12.5. The number of benzene rings is 2. The van der Waals surface area contributed by atoms with Crippen LogP contribution in [0.3, 0.4) is 0 Å². The van der Waals surface area contributed by atoms with E-state index in [4.69, 9.17) is 4.74 Å². The van der Waals surface area contributed by atoms with Gasteiger partial charge in [-0.1, -0.05) is 69.3 Å². The fraction of sp³-hybridized carbons (Fsp3) is 0.444. The smallest absolute Gasteiger partial charge is 0.407 e. The standard InChI is InChI=1S/C27H32N2O5/c1-27(2,3)14-23(25(31)32)29-24(30)16-12-17(13-16)28-26(33)34-15-22-20-10-6-4-8-18(20)19-9-5-7-11-21(19)22/h4-11,16-17,22-23H,12-15H2,1-3H3,(H,28,33)(H,29,30)(H,31,32). The molecule has 1 unspecified atom stereocenters. The Bertz CT molecular complexity index is 1040. The highest BCUT2D eigenvalue weighted by molar-refractivity contribution is 5.86. The van der Waals surface area contributed by atoms with Gasteiger partial charge in [0.25, 0.3) is 0 Å². The second kappa shape index (κ2) is 9.49. The maximum Gasteiger partial charge on any atom is 0.407 e. The maximum atomic E-state index is 12.5. The van der Waals surface area contributed by atoms with Crippen molar-refractivity contribution in [3.05, 3.63) is 59.7 Å². The van der Waals surface area contributed by atoms with Crippen LogP contribution in [0.4, 0.5) is 4.79 Å².